The molecule has 0 heterocycles. The van der Waals surface area contributed by atoms with Crippen LogP contribution in [0, 0.1) is 23.0 Å². The van der Waals surface area contributed by atoms with E-state index < -0.39 is 11.6 Å². The molecule has 0 atom stereocenters. The molecule has 0 amide bonds. The van der Waals surface area contributed by atoms with Gasteiger partial charge < -0.3 is 0 Å². The molecule has 62 valence electrons. The fourth-order valence-electron chi connectivity index (χ4n) is 0.803. The molecule has 0 saturated carbocycles. The van der Waals surface area contributed by atoms with Gasteiger partial charge in [0.25, 0.3) is 0 Å². The van der Waals surface area contributed by atoms with Crippen molar-refractivity contribution in [3.8, 4) is 6.07 Å². The van der Waals surface area contributed by atoms with Gasteiger partial charge in [0, 0.05) is 5.33 Å². The average molecular weight is 232 g/mol. The summed E-state index contributed by atoms with van der Waals surface area (Å²) in [5, 5.41) is 8.85. The molecular weight excluding hydrogens is 228 g/mol. The van der Waals surface area contributed by atoms with Gasteiger partial charge in [0.05, 0.1) is 11.6 Å². The van der Waals surface area contributed by atoms with E-state index in [0.717, 1.165) is 12.1 Å². The Morgan fingerprint density at radius 2 is 1.92 bits per heavy atom. The van der Waals surface area contributed by atoms with Crippen molar-refractivity contribution >= 4 is 15.9 Å². The molecule has 0 radical (unpaired) electrons. The molecule has 0 N–H and O–H groups in total. The molecule has 1 aromatic carbocycles. The minimum absolute atomic E-state index is 0.158. The van der Waals surface area contributed by atoms with E-state index in [2.05, 4.69) is 15.9 Å². The van der Waals surface area contributed by atoms with Crippen LogP contribution in [0.1, 0.15) is 11.1 Å². The van der Waals surface area contributed by atoms with Crippen LogP contribution in [0.15, 0.2) is 12.1 Å². The van der Waals surface area contributed by atoms with E-state index in [-0.39, 0.29) is 5.56 Å². The van der Waals surface area contributed by atoms with Crippen LogP contribution in [0.2, 0.25) is 0 Å². The zero-order chi connectivity index (χ0) is 9.14. The zero-order valence-electron chi connectivity index (χ0n) is 5.94. The highest BCUT2D eigenvalue weighted by Crippen LogP contribution is 2.16. The van der Waals surface area contributed by atoms with Crippen molar-refractivity contribution in [1.82, 2.24) is 0 Å². The number of alkyl halides is 1. The maximum Gasteiger partial charge on any atom is 0.160 e. The predicted octanol–water partition coefficient (Wildman–Crippen LogP) is 2.73. The van der Waals surface area contributed by atoms with Crippen molar-refractivity contribution < 1.29 is 8.78 Å². The van der Waals surface area contributed by atoms with Gasteiger partial charge in [0.2, 0.25) is 0 Å². The summed E-state index contributed by atoms with van der Waals surface area (Å²) in [4.78, 5) is 0. The molecule has 4 heteroatoms. The molecule has 12 heavy (non-hydrogen) atoms. The molecule has 0 bridgehead atoms. The second-order valence-corrected chi connectivity index (χ2v) is 2.73. The lowest BCUT2D eigenvalue weighted by Gasteiger charge is -1.99. The predicted molar refractivity (Wildman–Crippen MR) is 43.7 cm³/mol. The Morgan fingerprint density at radius 1 is 1.33 bits per heavy atom. The van der Waals surface area contributed by atoms with Gasteiger partial charge in [-0.3, -0.25) is 0 Å². The Labute approximate surface area is 76.8 Å². The fraction of sp³-hybridized carbons (Fsp3) is 0.125. The number of rotatable bonds is 1. The lowest BCUT2D eigenvalue weighted by atomic mass is 10.1. The van der Waals surface area contributed by atoms with E-state index in [4.69, 9.17) is 5.26 Å². The highest BCUT2D eigenvalue weighted by Gasteiger charge is 2.07. The molecule has 1 nitrogen and oxygen atoms in total. The number of hydrogen-bond donors (Lipinski definition) is 0. The first-order valence-corrected chi connectivity index (χ1v) is 4.25. The normalized spacial score (nSPS) is 9.50. The summed E-state index contributed by atoms with van der Waals surface area (Å²) in [6, 6.07) is 3.69. The second-order valence-electron chi connectivity index (χ2n) is 2.17. The summed E-state index contributed by atoms with van der Waals surface area (Å²) in [7, 11) is 0. The first-order chi connectivity index (χ1) is 5.69. The Hall–Kier alpha value is -0.950. The number of nitrogens with zero attached hydrogens (tertiary/aromatic N) is 1. The maximum atomic E-state index is 12.6. The van der Waals surface area contributed by atoms with E-state index in [1.54, 1.807) is 6.07 Å². The molecule has 0 aromatic heterocycles. The minimum atomic E-state index is -0.990. The molecule has 0 aliphatic heterocycles. The van der Waals surface area contributed by atoms with E-state index in [9.17, 15) is 8.78 Å². The fourth-order valence-corrected chi connectivity index (χ4v) is 1.27. The van der Waals surface area contributed by atoms with Crippen molar-refractivity contribution in [2.24, 2.45) is 0 Å². The van der Waals surface area contributed by atoms with E-state index >= 15 is 0 Å². The summed E-state index contributed by atoms with van der Waals surface area (Å²) < 4.78 is 25.1. The van der Waals surface area contributed by atoms with Gasteiger partial charge in [-0.1, -0.05) is 15.9 Å². The van der Waals surface area contributed by atoms with Gasteiger partial charge in [-0.25, -0.2) is 8.78 Å². The number of nitriles is 1. The number of halogens is 3. The average Bonchev–Trinajstić information content (AvgIpc) is 2.09. The maximum absolute atomic E-state index is 12.6. The van der Waals surface area contributed by atoms with Gasteiger partial charge in [-0.15, -0.1) is 0 Å². The van der Waals surface area contributed by atoms with Gasteiger partial charge in [-0.2, -0.15) is 5.26 Å². The smallest absolute Gasteiger partial charge is 0.160 e. The van der Waals surface area contributed by atoms with Gasteiger partial charge >= 0.3 is 0 Å². The van der Waals surface area contributed by atoms with Crippen LogP contribution >= 0.6 is 15.9 Å². The molecule has 0 unspecified atom stereocenters. The van der Waals surface area contributed by atoms with Crippen LogP contribution in [0.3, 0.4) is 0 Å². The summed E-state index contributed by atoms with van der Waals surface area (Å²) in [5.41, 5.74) is 0.613. The molecule has 0 fully saturated rings. The van der Waals surface area contributed by atoms with Crippen LogP contribution in [-0.4, -0.2) is 0 Å². The number of hydrogen-bond acceptors (Lipinski definition) is 1. The van der Waals surface area contributed by atoms with Crippen molar-refractivity contribution in [3.05, 3.63) is 34.9 Å². The molecule has 0 aliphatic carbocycles. The number of benzene rings is 1. The van der Waals surface area contributed by atoms with Crippen molar-refractivity contribution in [3.63, 3.8) is 0 Å². The Morgan fingerprint density at radius 3 is 2.42 bits per heavy atom. The lowest BCUT2D eigenvalue weighted by Crippen LogP contribution is -1.92. The van der Waals surface area contributed by atoms with Crippen molar-refractivity contribution in [2.75, 3.05) is 0 Å². The second kappa shape index (κ2) is 3.63. The molecule has 0 spiro atoms. The quantitative estimate of drug-likeness (QED) is 0.683. The summed E-state index contributed by atoms with van der Waals surface area (Å²) in [6.45, 7) is 0. The van der Waals surface area contributed by atoms with Crippen LogP contribution in [0.25, 0.3) is 0 Å². The van der Waals surface area contributed by atoms with Gasteiger partial charge in [-0.05, 0) is 17.7 Å². The Balaban J connectivity index is 3.31. The highest BCUT2D eigenvalue weighted by atomic mass is 79.9. The van der Waals surface area contributed by atoms with E-state index in [1.165, 1.54) is 0 Å². The monoisotopic (exact) mass is 231 g/mol. The van der Waals surface area contributed by atoms with Crippen LogP contribution in [0.5, 0.6) is 0 Å². The Bertz CT molecular complexity index is 344. The van der Waals surface area contributed by atoms with Crippen LogP contribution < -0.4 is 0 Å². The molecule has 1 rings (SSSR count). The van der Waals surface area contributed by atoms with E-state index in [1.807, 2.05) is 0 Å². The molecule has 0 aliphatic rings. The first kappa shape index (κ1) is 9.14. The first-order valence-electron chi connectivity index (χ1n) is 3.13. The van der Waals surface area contributed by atoms with E-state index in [0.29, 0.717) is 10.9 Å². The van der Waals surface area contributed by atoms with Crippen molar-refractivity contribution in [2.45, 2.75) is 5.33 Å². The molecule has 1 aromatic rings. The summed E-state index contributed by atoms with van der Waals surface area (Å²) >= 11 is 3.07. The highest BCUT2D eigenvalue weighted by molar-refractivity contribution is 9.08. The van der Waals surface area contributed by atoms with Crippen LogP contribution in [0.4, 0.5) is 8.78 Å². The van der Waals surface area contributed by atoms with Crippen molar-refractivity contribution in [1.29, 1.82) is 5.26 Å². The largest absolute Gasteiger partial charge is 0.204 e. The van der Waals surface area contributed by atoms with Gasteiger partial charge in [0.1, 0.15) is 0 Å². The standard InChI is InChI=1S/C8H4BrF2N/c9-3-5-1-7(10)8(11)2-6(5)4-12/h1-2H,3H2. The third-order valence-electron chi connectivity index (χ3n) is 1.41. The molecule has 0 saturated heterocycles. The topological polar surface area (TPSA) is 23.8 Å². The Kier molecular flexibility index (Phi) is 2.77. The molecular formula is C8H4BrF2N. The third kappa shape index (κ3) is 1.62. The van der Waals surface area contributed by atoms with Crippen LogP contribution in [-0.2, 0) is 5.33 Å². The lowest BCUT2D eigenvalue weighted by molar-refractivity contribution is 0.507. The summed E-state index contributed by atoms with van der Waals surface area (Å²) in [5.74, 6) is -1.92. The minimum Gasteiger partial charge on any atom is -0.204 e. The zero-order valence-corrected chi connectivity index (χ0v) is 7.53. The summed E-state index contributed by atoms with van der Waals surface area (Å²) in [6.07, 6.45) is 0. The van der Waals surface area contributed by atoms with Gasteiger partial charge in [0.15, 0.2) is 11.6 Å². The third-order valence-corrected chi connectivity index (χ3v) is 2.01. The SMILES string of the molecule is N#Cc1cc(F)c(F)cc1CBr.